The van der Waals surface area contributed by atoms with Gasteiger partial charge in [0.2, 0.25) is 0 Å². The number of ketones is 1. The van der Waals surface area contributed by atoms with Crippen LogP contribution in [-0.4, -0.2) is 28.7 Å². The minimum atomic E-state index is -0.685. The molecule has 0 unspecified atom stereocenters. The summed E-state index contributed by atoms with van der Waals surface area (Å²) in [5.74, 6) is -1.51. The van der Waals surface area contributed by atoms with Crippen molar-refractivity contribution < 1.29 is 14.7 Å². The molecule has 2 aromatic rings. The summed E-state index contributed by atoms with van der Waals surface area (Å²) in [6.45, 7) is 1.96. The molecule has 0 radical (unpaired) electrons. The number of likely N-dealkylation sites (N-methyl/N-ethyl adjacent to an activating group) is 1. The Balaban J connectivity index is 2.16. The fourth-order valence-electron chi connectivity index (χ4n) is 2.85. The minimum absolute atomic E-state index is 0.0914. The predicted octanol–water partition coefficient (Wildman–Crippen LogP) is 3.70. The van der Waals surface area contributed by atoms with Gasteiger partial charge >= 0.3 is 0 Å². The molecule has 3 rings (SSSR count). The summed E-state index contributed by atoms with van der Waals surface area (Å²) < 4.78 is 0. The van der Waals surface area contributed by atoms with E-state index in [9.17, 15) is 14.7 Å². The van der Waals surface area contributed by atoms with Crippen molar-refractivity contribution in [3.8, 4) is 0 Å². The van der Waals surface area contributed by atoms with E-state index in [0.717, 1.165) is 11.1 Å². The highest BCUT2D eigenvalue weighted by molar-refractivity contribution is 6.46. The first-order chi connectivity index (χ1) is 11.4. The van der Waals surface area contributed by atoms with Crippen molar-refractivity contribution in [1.82, 2.24) is 4.90 Å². The summed E-state index contributed by atoms with van der Waals surface area (Å²) in [4.78, 5) is 25.9. The highest BCUT2D eigenvalue weighted by atomic mass is 35.5. The van der Waals surface area contributed by atoms with E-state index in [1.807, 2.05) is 31.2 Å². The van der Waals surface area contributed by atoms with Crippen molar-refractivity contribution in [3.63, 3.8) is 0 Å². The van der Waals surface area contributed by atoms with E-state index in [1.165, 1.54) is 4.90 Å². The number of carbonyl (C=O) groups is 2. The van der Waals surface area contributed by atoms with Crippen molar-refractivity contribution in [3.05, 3.63) is 75.8 Å². The Morgan fingerprint density at radius 3 is 2.21 bits per heavy atom. The molecule has 1 saturated heterocycles. The van der Waals surface area contributed by atoms with Crippen LogP contribution in [-0.2, 0) is 9.59 Å². The zero-order chi connectivity index (χ0) is 17.4. The number of carbonyl (C=O) groups excluding carboxylic acids is 2. The van der Waals surface area contributed by atoms with Crippen LogP contribution in [0.1, 0.15) is 22.7 Å². The second kappa shape index (κ2) is 6.13. The number of hydrogen-bond donors (Lipinski definition) is 1. The van der Waals surface area contributed by atoms with Gasteiger partial charge in [-0.1, -0.05) is 41.4 Å². The summed E-state index contributed by atoms with van der Waals surface area (Å²) in [5, 5.41) is 11.2. The maximum absolute atomic E-state index is 12.4. The number of rotatable bonds is 2. The third-order valence-electron chi connectivity index (χ3n) is 4.19. The van der Waals surface area contributed by atoms with Gasteiger partial charge in [-0.3, -0.25) is 9.59 Å². The van der Waals surface area contributed by atoms with Crippen molar-refractivity contribution >= 4 is 29.1 Å². The third kappa shape index (κ3) is 2.69. The highest BCUT2D eigenvalue weighted by Gasteiger charge is 2.44. The van der Waals surface area contributed by atoms with Crippen molar-refractivity contribution in [1.29, 1.82) is 0 Å². The van der Waals surface area contributed by atoms with Crippen LogP contribution in [0.5, 0.6) is 0 Å². The molecule has 1 aliphatic rings. The van der Waals surface area contributed by atoms with Gasteiger partial charge in [-0.15, -0.1) is 0 Å². The Morgan fingerprint density at radius 2 is 1.62 bits per heavy atom. The molecule has 1 aliphatic heterocycles. The first-order valence-corrected chi connectivity index (χ1v) is 7.85. The number of Topliss-reactive ketones (excluding diaryl/α,β-unsaturated/α-hetero) is 1. The maximum Gasteiger partial charge on any atom is 0.295 e. The van der Waals surface area contributed by atoms with Crippen LogP contribution >= 0.6 is 11.6 Å². The molecule has 4 nitrogen and oxygen atoms in total. The fourth-order valence-corrected chi connectivity index (χ4v) is 2.98. The number of aliphatic hydroxyl groups is 1. The monoisotopic (exact) mass is 341 g/mol. The number of amides is 1. The number of hydrogen-bond acceptors (Lipinski definition) is 3. The maximum atomic E-state index is 12.4. The second-order valence-corrected chi connectivity index (χ2v) is 6.26. The lowest BCUT2D eigenvalue weighted by Crippen LogP contribution is -2.24. The number of aryl methyl sites for hydroxylation is 1. The van der Waals surface area contributed by atoms with Gasteiger partial charge in [-0.25, -0.2) is 0 Å². The van der Waals surface area contributed by atoms with Crippen LogP contribution in [0.25, 0.3) is 5.76 Å². The summed E-state index contributed by atoms with van der Waals surface area (Å²) in [5.41, 5.74) is 2.39. The van der Waals surface area contributed by atoms with Gasteiger partial charge < -0.3 is 10.0 Å². The first kappa shape index (κ1) is 16.3. The Morgan fingerprint density at radius 1 is 1.04 bits per heavy atom. The van der Waals surface area contributed by atoms with E-state index >= 15 is 0 Å². The Bertz CT molecular complexity index is 838. The van der Waals surface area contributed by atoms with Crippen LogP contribution in [0.3, 0.4) is 0 Å². The normalized spacial score (nSPS) is 19.8. The molecule has 0 spiro atoms. The van der Waals surface area contributed by atoms with Gasteiger partial charge in [0.05, 0.1) is 11.6 Å². The number of halogens is 1. The van der Waals surface area contributed by atoms with Gasteiger partial charge in [0.25, 0.3) is 11.7 Å². The summed E-state index contributed by atoms with van der Waals surface area (Å²) in [6.07, 6.45) is 0. The molecule has 0 bridgehead atoms. The molecule has 1 fully saturated rings. The quantitative estimate of drug-likeness (QED) is 0.515. The van der Waals surface area contributed by atoms with E-state index < -0.39 is 17.7 Å². The van der Waals surface area contributed by atoms with E-state index in [-0.39, 0.29) is 11.3 Å². The number of likely N-dealkylation sites (tertiary alicyclic amines) is 1. The minimum Gasteiger partial charge on any atom is -0.507 e. The van der Waals surface area contributed by atoms with Crippen LogP contribution in [0.4, 0.5) is 0 Å². The molecule has 2 aromatic carbocycles. The van der Waals surface area contributed by atoms with Crippen molar-refractivity contribution in [2.75, 3.05) is 7.05 Å². The predicted molar refractivity (Wildman–Crippen MR) is 92.7 cm³/mol. The van der Waals surface area contributed by atoms with Gasteiger partial charge in [-0.2, -0.15) is 0 Å². The summed E-state index contributed by atoms with van der Waals surface area (Å²) >= 11 is 5.86. The molecule has 1 atom stereocenters. The molecule has 0 aliphatic carbocycles. The van der Waals surface area contributed by atoms with E-state index in [1.54, 1.807) is 31.3 Å². The fraction of sp³-hybridized carbons (Fsp3) is 0.158. The van der Waals surface area contributed by atoms with Gasteiger partial charge in [-0.05, 0) is 36.8 Å². The average Bonchev–Trinajstić information content (AvgIpc) is 2.80. The Kier molecular flexibility index (Phi) is 4.16. The molecular weight excluding hydrogens is 326 g/mol. The second-order valence-electron chi connectivity index (χ2n) is 5.83. The first-order valence-electron chi connectivity index (χ1n) is 7.47. The number of nitrogens with zero attached hydrogens (tertiary/aromatic N) is 1. The summed E-state index contributed by atoms with van der Waals surface area (Å²) in [6, 6.07) is 13.4. The molecule has 24 heavy (non-hydrogen) atoms. The van der Waals surface area contributed by atoms with E-state index in [4.69, 9.17) is 11.6 Å². The van der Waals surface area contributed by atoms with Crippen LogP contribution in [0.2, 0.25) is 5.02 Å². The molecule has 1 N–H and O–H groups in total. The number of aliphatic hydroxyl groups excluding tert-OH is 1. The van der Waals surface area contributed by atoms with Crippen molar-refractivity contribution in [2.45, 2.75) is 13.0 Å². The largest absolute Gasteiger partial charge is 0.507 e. The van der Waals surface area contributed by atoms with Crippen LogP contribution < -0.4 is 0 Å². The molecule has 122 valence electrons. The average molecular weight is 342 g/mol. The third-order valence-corrected chi connectivity index (χ3v) is 4.44. The Hall–Kier alpha value is -2.59. The van der Waals surface area contributed by atoms with Crippen LogP contribution in [0.15, 0.2) is 54.1 Å². The highest BCUT2D eigenvalue weighted by Crippen LogP contribution is 2.38. The Labute approximate surface area is 145 Å². The zero-order valence-corrected chi connectivity index (χ0v) is 14.0. The zero-order valence-electron chi connectivity index (χ0n) is 13.3. The van der Waals surface area contributed by atoms with Crippen molar-refractivity contribution in [2.24, 2.45) is 0 Å². The topological polar surface area (TPSA) is 57.6 Å². The molecule has 1 amide bonds. The van der Waals surface area contributed by atoms with Gasteiger partial charge in [0.1, 0.15) is 5.76 Å². The molecule has 1 heterocycles. The lowest BCUT2D eigenvalue weighted by atomic mass is 9.95. The summed E-state index contributed by atoms with van der Waals surface area (Å²) in [7, 11) is 1.56. The van der Waals surface area contributed by atoms with E-state index in [2.05, 4.69) is 0 Å². The van der Waals surface area contributed by atoms with Gasteiger partial charge in [0, 0.05) is 17.6 Å². The van der Waals surface area contributed by atoms with Gasteiger partial charge in [0.15, 0.2) is 0 Å². The standard InChI is InChI=1S/C19H16ClNO3/c1-11-3-5-12(6-4-11)16-15(18(23)19(24)21(16)2)17(22)13-7-9-14(20)10-8-13/h3-10,16,22H,1-2H3/t16-/m0/s1. The smallest absolute Gasteiger partial charge is 0.295 e. The molecule has 0 aromatic heterocycles. The molecular formula is C19H16ClNO3. The van der Waals surface area contributed by atoms with Crippen LogP contribution in [0, 0.1) is 6.92 Å². The van der Waals surface area contributed by atoms with E-state index in [0.29, 0.717) is 10.6 Å². The molecule has 5 heteroatoms. The lowest BCUT2D eigenvalue weighted by molar-refractivity contribution is -0.139. The number of benzene rings is 2. The molecule has 0 saturated carbocycles. The lowest BCUT2D eigenvalue weighted by Gasteiger charge is -2.21. The SMILES string of the molecule is Cc1ccc([C@H]2C(=C(O)c3ccc(Cl)cc3)C(=O)C(=O)N2C)cc1.